The Labute approximate surface area is 137 Å². The minimum absolute atomic E-state index is 0.0186. The molecular formula is C18H21NO3S. The van der Waals surface area contributed by atoms with Crippen molar-refractivity contribution in [1.82, 2.24) is 0 Å². The Morgan fingerprint density at radius 1 is 1.13 bits per heavy atom. The van der Waals surface area contributed by atoms with E-state index in [2.05, 4.69) is 6.07 Å². The highest BCUT2D eigenvalue weighted by atomic mass is 32.2. The van der Waals surface area contributed by atoms with Crippen LogP contribution in [0.1, 0.15) is 17.5 Å². The number of sulfonamides is 1. The van der Waals surface area contributed by atoms with Crippen LogP contribution in [0.5, 0.6) is 5.75 Å². The maximum Gasteiger partial charge on any atom is 0.238 e. The molecule has 3 rings (SSSR count). The van der Waals surface area contributed by atoms with E-state index in [4.69, 9.17) is 4.74 Å². The molecule has 0 radical (unpaired) electrons. The van der Waals surface area contributed by atoms with Gasteiger partial charge in [-0.15, -0.1) is 0 Å². The topological polar surface area (TPSA) is 46.6 Å². The first-order chi connectivity index (χ1) is 11.1. The third-order valence-electron chi connectivity index (χ3n) is 4.00. The van der Waals surface area contributed by atoms with Crippen LogP contribution in [0.3, 0.4) is 0 Å². The van der Waals surface area contributed by atoms with Crippen LogP contribution in [0.15, 0.2) is 48.5 Å². The van der Waals surface area contributed by atoms with E-state index < -0.39 is 10.0 Å². The van der Waals surface area contributed by atoms with Crippen LogP contribution in [0.2, 0.25) is 0 Å². The zero-order valence-corrected chi connectivity index (χ0v) is 14.1. The molecule has 0 aliphatic carbocycles. The number of fused-ring (bicyclic) bond motifs is 1. The molecule has 0 amide bonds. The number of aryl methyl sites for hydroxylation is 2. The van der Waals surface area contributed by atoms with E-state index in [9.17, 15) is 8.42 Å². The molecule has 1 heterocycles. The van der Waals surface area contributed by atoms with Crippen LogP contribution >= 0.6 is 0 Å². The standard InChI is InChI=1S/C18H21NO3S/c1-15-9-10-18-16(14-15)6-5-11-19(18)23(20,21)13-12-22-17-7-3-2-4-8-17/h2-4,7-10,14H,5-6,11-13H2,1H3. The highest BCUT2D eigenvalue weighted by molar-refractivity contribution is 7.92. The normalized spacial score (nSPS) is 14.4. The highest BCUT2D eigenvalue weighted by Gasteiger charge is 2.27. The molecule has 0 saturated heterocycles. The summed E-state index contributed by atoms with van der Waals surface area (Å²) in [6.45, 7) is 2.73. The summed E-state index contributed by atoms with van der Waals surface area (Å²) in [4.78, 5) is 0. The van der Waals surface area contributed by atoms with E-state index in [1.807, 2.05) is 49.4 Å². The molecule has 0 unspecified atom stereocenters. The molecule has 0 fully saturated rings. The number of nitrogens with zero attached hydrogens (tertiary/aromatic N) is 1. The molecule has 0 bridgehead atoms. The van der Waals surface area contributed by atoms with E-state index >= 15 is 0 Å². The average Bonchev–Trinajstić information content (AvgIpc) is 2.55. The molecule has 23 heavy (non-hydrogen) atoms. The molecule has 0 atom stereocenters. The number of hydrogen-bond acceptors (Lipinski definition) is 3. The Hall–Kier alpha value is -2.01. The van der Waals surface area contributed by atoms with Gasteiger partial charge in [0.1, 0.15) is 18.1 Å². The average molecular weight is 331 g/mol. The van der Waals surface area contributed by atoms with Gasteiger partial charge in [0.2, 0.25) is 10.0 Å². The van der Waals surface area contributed by atoms with Crippen molar-refractivity contribution in [2.24, 2.45) is 0 Å². The zero-order valence-electron chi connectivity index (χ0n) is 13.2. The number of para-hydroxylation sites is 1. The highest BCUT2D eigenvalue weighted by Crippen LogP contribution is 2.30. The predicted octanol–water partition coefficient (Wildman–Crippen LogP) is 3.16. The summed E-state index contributed by atoms with van der Waals surface area (Å²) in [7, 11) is -3.37. The van der Waals surface area contributed by atoms with Gasteiger partial charge in [0.15, 0.2) is 0 Å². The lowest BCUT2D eigenvalue weighted by Gasteiger charge is -2.30. The van der Waals surface area contributed by atoms with Gasteiger partial charge in [0.25, 0.3) is 0 Å². The lowest BCUT2D eigenvalue weighted by Crippen LogP contribution is -2.38. The molecule has 0 N–H and O–H groups in total. The first-order valence-electron chi connectivity index (χ1n) is 7.84. The molecule has 2 aromatic carbocycles. The summed E-state index contributed by atoms with van der Waals surface area (Å²) in [5.74, 6) is 0.673. The lowest BCUT2D eigenvalue weighted by atomic mass is 10.0. The number of ether oxygens (including phenoxy) is 1. The van der Waals surface area contributed by atoms with Crippen molar-refractivity contribution in [1.29, 1.82) is 0 Å². The summed E-state index contributed by atoms with van der Waals surface area (Å²) in [6.07, 6.45) is 1.79. The first-order valence-corrected chi connectivity index (χ1v) is 9.45. The largest absolute Gasteiger partial charge is 0.492 e. The summed E-state index contributed by atoms with van der Waals surface area (Å²) >= 11 is 0. The summed E-state index contributed by atoms with van der Waals surface area (Å²) in [5.41, 5.74) is 3.10. The Bertz CT molecular complexity index is 772. The number of benzene rings is 2. The van der Waals surface area contributed by atoms with Gasteiger partial charge in [0.05, 0.1) is 5.69 Å². The maximum absolute atomic E-state index is 12.7. The SMILES string of the molecule is Cc1ccc2c(c1)CCCN2S(=O)(=O)CCOc1ccccc1. The van der Waals surface area contributed by atoms with Crippen molar-refractivity contribution in [3.05, 3.63) is 59.7 Å². The molecule has 122 valence electrons. The van der Waals surface area contributed by atoms with Gasteiger partial charge in [-0.2, -0.15) is 0 Å². The number of hydrogen-bond donors (Lipinski definition) is 0. The molecule has 1 aliphatic rings. The second-order valence-electron chi connectivity index (χ2n) is 5.79. The molecular weight excluding hydrogens is 310 g/mol. The van der Waals surface area contributed by atoms with Crippen molar-refractivity contribution >= 4 is 15.7 Å². The lowest BCUT2D eigenvalue weighted by molar-refractivity contribution is 0.340. The third kappa shape index (κ3) is 3.67. The van der Waals surface area contributed by atoms with E-state index in [0.29, 0.717) is 12.3 Å². The van der Waals surface area contributed by atoms with Crippen molar-refractivity contribution in [3.63, 3.8) is 0 Å². The van der Waals surface area contributed by atoms with Crippen molar-refractivity contribution in [2.45, 2.75) is 19.8 Å². The van der Waals surface area contributed by atoms with Crippen molar-refractivity contribution in [3.8, 4) is 5.75 Å². The Kier molecular flexibility index (Phi) is 4.57. The van der Waals surface area contributed by atoms with Crippen molar-refractivity contribution in [2.75, 3.05) is 23.2 Å². The molecule has 1 aliphatic heterocycles. The fourth-order valence-electron chi connectivity index (χ4n) is 2.87. The Morgan fingerprint density at radius 3 is 2.70 bits per heavy atom. The van der Waals surface area contributed by atoms with Gasteiger partial charge in [-0.25, -0.2) is 8.42 Å². The third-order valence-corrected chi connectivity index (χ3v) is 5.73. The molecule has 5 heteroatoms. The first kappa shape index (κ1) is 15.9. The van der Waals surface area contributed by atoms with Crippen LogP contribution in [0.4, 0.5) is 5.69 Å². The van der Waals surface area contributed by atoms with Gasteiger partial charge in [0, 0.05) is 6.54 Å². The van der Waals surface area contributed by atoms with Crippen LogP contribution in [0.25, 0.3) is 0 Å². The fourth-order valence-corrected chi connectivity index (χ4v) is 4.27. The van der Waals surface area contributed by atoms with Gasteiger partial charge in [-0.1, -0.05) is 35.9 Å². The summed E-state index contributed by atoms with van der Waals surface area (Å²) in [6, 6.07) is 15.2. The van der Waals surface area contributed by atoms with E-state index in [1.165, 1.54) is 0 Å². The van der Waals surface area contributed by atoms with Crippen LogP contribution < -0.4 is 9.04 Å². The number of rotatable bonds is 5. The van der Waals surface area contributed by atoms with Gasteiger partial charge < -0.3 is 4.74 Å². The monoisotopic (exact) mass is 331 g/mol. The molecule has 0 aromatic heterocycles. The predicted molar refractivity (Wildman–Crippen MR) is 92.6 cm³/mol. The Morgan fingerprint density at radius 2 is 1.91 bits per heavy atom. The van der Waals surface area contributed by atoms with Gasteiger partial charge >= 0.3 is 0 Å². The van der Waals surface area contributed by atoms with Crippen LogP contribution in [0, 0.1) is 6.92 Å². The maximum atomic E-state index is 12.7. The second-order valence-corrected chi connectivity index (χ2v) is 7.80. The molecule has 0 spiro atoms. The molecule has 2 aromatic rings. The Balaban J connectivity index is 1.71. The minimum atomic E-state index is -3.37. The van der Waals surface area contributed by atoms with E-state index in [1.54, 1.807) is 4.31 Å². The quantitative estimate of drug-likeness (QED) is 0.845. The van der Waals surface area contributed by atoms with Crippen LogP contribution in [-0.2, 0) is 16.4 Å². The molecule has 4 nitrogen and oxygen atoms in total. The summed E-state index contributed by atoms with van der Waals surface area (Å²) < 4.78 is 32.4. The van der Waals surface area contributed by atoms with Gasteiger partial charge in [-0.3, -0.25) is 4.31 Å². The van der Waals surface area contributed by atoms with E-state index in [-0.39, 0.29) is 12.4 Å². The smallest absolute Gasteiger partial charge is 0.238 e. The van der Waals surface area contributed by atoms with Gasteiger partial charge in [-0.05, 0) is 43.5 Å². The molecule has 0 saturated carbocycles. The second kappa shape index (κ2) is 6.62. The van der Waals surface area contributed by atoms with E-state index in [0.717, 1.165) is 29.7 Å². The van der Waals surface area contributed by atoms with Crippen LogP contribution in [-0.4, -0.2) is 27.3 Å². The number of anilines is 1. The van der Waals surface area contributed by atoms with Crippen molar-refractivity contribution < 1.29 is 13.2 Å². The minimum Gasteiger partial charge on any atom is -0.492 e. The zero-order chi connectivity index (χ0) is 16.3. The fraction of sp³-hybridized carbons (Fsp3) is 0.333. The summed E-state index contributed by atoms with van der Waals surface area (Å²) in [5, 5.41) is 0.